The van der Waals surface area contributed by atoms with Gasteiger partial charge in [0, 0.05) is 5.02 Å². The van der Waals surface area contributed by atoms with Gasteiger partial charge in [-0.25, -0.2) is 0 Å². The predicted octanol–water partition coefficient (Wildman–Crippen LogP) is 2.98. The van der Waals surface area contributed by atoms with Crippen molar-refractivity contribution in [2.24, 2.45) is 5.92 Å². The molecule has 1 saturated heterocycles. The number of nitrogens with one attached hydrogen (secondary N) is 1. The zero-order valence-electron chi connectivity index (χ0n) is 8.80. The molecule has 0 bridgehead atoms. The molecule has 1 aliphatic heterocycles. The maximum Gasteiger partial charge on any atom is 0.0408 e. The zero-order chi connectivity index (χ0) is 10.3. The minimum absolute atomic E-state index is 0.467. The van der Waals surface area contributed by atoms with Crippen LogP contribution < -0.4 is 5.32 Å². The fraction of sp³-hybridized carbons (Fsp3) is 0.538. The van der Waals surface area contributed by atoms with Crippen molar-refractivity contribution < 1.29 is 0 Å². The summed E-state index contributed by atoms with van der Waals surface area (Å²) in [5.74, 6) is 0.830. The lowest BCUT2D eigenvalue weighted by atomic mass is 9.82. The molecule has 0 spiro atoms. The summed E-state index contributed by atoms with van der Waals surface area (Å²) in [6.07, 6.45) is 4.02. The van der Waals surface area contributed by atoms with E-state index >= 15 is 0 Å². The largest absolute Gasteiger partial charge is 0.316 e. The van der Waals surface area contributed by atoms with Crippen molar-refractivity contribution in [1.82, 2.24) is 5.32 Å². The Morgan fingerprint density at radius 2 is 2.20 bits per heavy atom. The fourth-order valence-electron chi connectivity index (χ4n) is 2.99. The summed E-state index contributed by atoms with van der Waals surface area (Å²) in [5, 5.41) is 4.35. The van der Waals surface area contributed by atoms with Gasteiger partial charge in [0.25, 0.3) is 0 Å². The maximum atomic E-state index is 6.07. The highest BCUT2D eigenvalue weighted by atomic mass is 35.5. The molecule has 1 nitrogen and oxygen atoms in total. The highest BCUT2D eigenvalue weighted by molar-refractivity contribution is 6.30. The minimum atomic E-state index is 0.467. The monoisotopic (exact) mass is 221 g/mol. The van der Waals surface area contributed by atoms with E-state index < -0.39 is 0 Å². The van der Waals surface area contributed by atoms with Crippen LogP contribution in [-0.2, 0) is 5.41 Å². The molecule has 0 amide bonds. The van der Waals surface area contributed by atoms with Crippen LogP contribution in [-0.4, -0.2) is 13.1 Å². The Morgan fingerprint density at radius 3 is 2.80 bits per heavy atom. The molecule has 1 heterocycles. The van der Waals surface area contributed by atoms with Crippen LogP contribution in [0.25, 0.3) is 0 Å². The van der Waals surface area contributed by atoms with Crippen LogP contribution in [0, 0.1) is 5.92 Å². The van der Waals surface area contributed by atoms with Crippen LogP contribution in [0.4, 0.5) is 0 Å². The first-order valence-electron chi connectivity index (χ1n) is 5.78. The fourth-order valence-corrected chi connectivity index (χ4v) is 3.18. The van der Waals surface area contributed by atoms with E-state index in [0.717, 1.165) is 10.9 Å². The molecule has 3 rings (SSSR count). The van der Waals surface area contributed by atoms with Gasteiger partial charge in [0.2, 0.25) is 0 Å². The van der Waals surface area contributed by atoms with Gasteiger partial charge < -0.3 is 5.32 Å². The third-order valence-corrected chi connectivity index (χ3v) is 4.27. The second-order valence-corrected chi connectivity index (χ2v) is 5.29. The molecular formula is C13H16ClN. The van der Waals surface area contributed by atoms with Crippen LogP contribution in [0.3, 0.4) is 0 Å². The van der Waals surface area contributed by atoms with E-state index in [-0.39, 0.29) is 0 Å². The Bertz CT molecular complexity index is 365. The van der Waals surface area contributed by atoms with Gasteiger partial charge in [-0.3, -0.25) is 0 Å². The Morgan fingerprint density at radius 1 is 1.33 bits per heavy atom. The van der Waals surface area contributed by atoms with Gasteiger partial charge in [-0.05, 0) is 61.4 Å². The van der Waals surface area contributed by atoms with E-state index in [2.05, 4.69) is 23.5 Å². The molecule has 0 aromatic heterocycles. The van der Waals surface area contributed by atoms with Crippen molar-refractivity contribution in [2.45, 2.75) is 24.7 Å². The van der Waals surface area contributed by atoms with Gasteiger partial charge in [-0.2, -0.15) is 0 Å². The van der Waals surface area contributed by atoms with Crippen molar-refractivity contribution in [3.8, 4) is 0 Å². The third kappa shape index (κ3) is 1.58. The highest BCUT2D eigenvalue weighted by Crippen LogP contribution is 2.55. The topological polar surface area (TPSA) is 12.0 Å². The second kappa shape index (κ2) is 3.50. The van der Waals surface area contributed by atoms with E-state index in [9.17, 15) is 0 Å². The molecule has 0 radical (unpaired) electrons. The number of hydrogen-bond acceptors (Lipinski definition) is 1. The second-order valence-electron chi connectivity index (χ2n) is 4.86. The van der Waals surface area contributed by atoms with Gasteiger partial charge >= 0.3 is 0 Å². The van der Waals surface area contributed by atoms with Crippen LogP contribution in [0.1, 0.15) is 24.8 Å². The summed E-state index contributed by atoms with van der Waals surface area (Å²) in [4.78, 5) is 0. The maximum absolute atomic E-state index is 6.07. The lowest BCUT2D eigenvalue weighted by Gasteiger charge is -2.22. The van der Waals surface area contributed by atoms with Gasteiger partial charge in [0.05, 0.1) is 0 Å². The van der Waals surface area contributed by atoms with Gasteiger partial charge in [-0.15, -0.1) is 0 Å². The van der Waals surface area contributed by atoms with E-state index in [1.165, 1.54) is 37.9 Å². The molecule has 1 unspecified atom stereocenters. The molecule has 2 heteroatoms. The third-order valence-electron chi connectivity index (χ3n) is 4.03. The van der Waals surface area contributed by atoms with Crippen molar-refractivity contribution in [3.63, 3.8) is 0 Å². The van der Waals surface area contributed by atoms with Crippen molar-refractivity contribution in [1.29, 1.82) is 0 Å². The molecule has 2 aliphatic rings. The smallest absolute Gasteiger partial charge is 0.0408 e. The van der Waals surface area contributed by atoms with E-state index in [1.807, 2.05) is 6.07 Å². The average Bonchev–Trinajstić information content (AvgIpc) is 2.87. The van der Waals surface area contributed by atoms with Crippen LogP contribution >= 0.6 is 11.6 Å². The summed E-state index contributed by atoms with van der Waals surface area (Å²) >= 11 is 6.07. The molecule has 1 N–H and O–H groups in total. The Kier molecular flexibility index (Phi) is 2.26. The predicted molar refractivity (Wildman–Crippen MR) is 63.3 cm³/mol. The SMILES string of the molecule is Clc1cccc(C2(C3CCNC3)CC2)c1. The Balaban J connectivity index is 1.92. The first kappa shape index (κ1) is 9.68. The molecule has 1 saturated carbocycles. The van der Waals surface area contributed by atoms with Crippen LogP contribution in [0.15, 0.2) is 24.3 Å². The quantitative estimate of drug-likeness (QED) is 0.810. The standard InChI is InChI=1S/C13H16ClN/c14-12-3-1-2-10(8-12)13(5-6-13)11-4-7-15-9-11/h1-3,8,11,15H,4-7,9H2. The molecule has 1 aromatic rings. The summed E-state index contributed by atoms with van der Waals surface area (Å²) in [5.41, 5.74) is 1.93. The lowest BCUT2D eigenvalue weighted by molar-refractivity contribution is 0.440. The number of hydrogen-bond donors (Lipinski definition) is 1. The zero-order valence-corrected chi connectivity index (χ0v) is 9.56. The Hall–Kier alpha value is -0.530. The molecule has 80 valence electrons. The highest BCUT2D eigenvalue weighted by Gasteiger charge is 2.50. The molecule has 1 aliphatic carbocycles. The summed E-state index contributed by atoms with van der Waals surface area (Å²) in [6.45, 7) is 2.37. The van der Waals surface area contributed by atoms with Crippen molar-refractivity contribution in [3.05, 3.63) is 34.9 Å². The van der Waals surface area contributed by atoms with Gasteiger partial charge in [-0.1, -0.05) is 23.7 Å². The minimum Gasteiger partial charge on any atom is -0.316 e. The molecule has 15 heavy (non-hydrogen) atoms. The summed E-state index contributed by atoms with van der Waals surface area (Å²) in [7, 11) is 0. The molecule has 2 fully saturated rings. The van der Waals surface area contributed by atoms with Crippen LogP contribution in [0.2, 0.25) is 5.02 Å². The summed E-state index contributed by atoms with van der Waals surface area (Å²) < 4.78 is 0. The molecular weight excluding hydrogens is 206 g/mol. The first-order chi connectivity index (χ1) is 7.31. The number of rotatable bonds is 2. The normalized spacial score (nSPS) is 27.9. The average molecular weight is 222 g/mol. The number of halogens is 1. The van der Waals surface area contributed by atoms with Crippen molar-refractivity contribution >= 4 is 11.6 Å². The molecule has 1 aromatic carbocycles. The van der Waals surface area contributed by atoms with Crippen molar-refractivity contribution in [2.75, 3.05) is 13.1 Å². The summed E-state index contributed by atoms with van der Waals surface area (Å²) in [6, 6.07) is 8.46. The van der Waals surface area contributed by atoms with Crippen LogP contribution in [0.5, 0.6) is 0 Å². The molecule has 1 atom stereocenters. The Labute approximate surface area is 95.8 Å². The van der Waals surface area contributed by atoms with E-state index in [4.69, 9.17) is 11.6 Å². The van der Waals surface area contributed by atoms with E-state index in [1.54, 1.807) is 0 Å². The van der Waals surface area contributed by atoms with Gasteiger partial charge in [0.1, 0.15) is 0 Å². The van der Waals surface area contributed by atoms with Gasteiger partial charge in [0.15, 0.2) is 0 Å². The number of benzene rings is 1. The van der Waals surface area contributed by atoms with E-state index in [0.29, 0.717) is 5.41 Å². The lowest BCUT2D eigenvalue weighted by Crippen LogP contribution is -2.22. The first-order valence-corrected chi connectivity index (χ1v) is 6.16.